The molecule has 8 heteroatoms. The van der Waals surface area contributed by atoms with Crippen LogP contribution in [0.1, 0.15) is 18.4 Å². The van der Waals surface area contributed by atoms with E-state index in [0.29, 0.717) is 19.4 Å². The molecular weight excluding hydrogens is 354 g/mol. The van der Waals surface area contributed by atoms with E-state index in [-0.39, 0.29) is 29.8 Å². The molecule has 1 fully saturated rings. The number of benzene rings is 1. The van der Waals surface area contributed by atoms with Crippen molar-refractivity contribution in [3.63, 3.8) is 0 Å². The van der Waals surface area contributed by atoms with Crippen molar-refractivity contribution in [2.24, 2.45) is 5.92 Å². The van der Waals surface area contributed by atoms with Crippen molar-refractivity contribution >= 4 is 21.8 Å². The molecule has 0 aromatic heterocycles. The summed E-state index contributed by atoms with van der Waals surface area (Å²) in [6.45, 7) is 2.71. The fourth-order valence-electron chi connectivity index (χ4n) is 2.79. The fraction of sp³-hybridized carbons (Fsp3) is 0.444. The van der Waals surface area contributed by atoms with Gasteiger partial charge in [-0.25, -0.2) is 8.42 Å². The van der Waals surface area contributed by atoms with Gasteiger partial charge in [-0.1, -0.05) is 23.8 Å². The van der Waals surface area contributed by atoms with Gasteiger partial charge in [-0.05, 0) is 31.9 Å². The van der Waals surface area contributed by atoms with Gasteiger partial charge in [-0.15, -0.1) is 0 Å². The monoisotopic (exact) mass is 379 g/mol. The molecule has 2 N–H and O–H groups in total. The van der Waals surface area contributed by atoms with Gasteiger partial charge in [-0.3, -0.25) is 9.59 Å². The van der Waals surface area contributed by atoms with Crippen LogP contribution in [0.4, 0.5) is 0 Å². The number of nitrogens with one attached hydrogen (secondary N) is 2. The molecule has 1 aliphatic heterocycles. The average Bonchev–Trinajstić information content (AvgIpc) is 2.65. The van der Waals surface area contributed by atoms with Crippen molar-refractivity contribution in [2.75, 3.05) is 26.7 Å². The van der Waals surface area contributed by atoms with Crippen molar-refractivity contribution in [3.05, 3.63) is 42.0 Å². The minimum atomic E-state index is -3.60. The molecule has 2 amide bonds. The van der Waals surface area contributed by atoms with Crippen LogP contribution in [0.15, 0.2) is 41.3 Å². The largest absolute Gasteiger partial charge is 0.356 e. The lowest BCUT2D eigenvalue weighted by Gasteiger charge is -2.31. The first kappa shape index (κ1) is 20.1. The third kappa shape index (κ3) is 5.15. The van der Waals surface area contributed by atoms with E-state index in [1.165, 1.54) is 17.4 Å². The molecule has 1 saturated heterocycles. The van der Waals surface area contributed by atoms with Crippen molar-refractivity contribution in [2.45, 2.75) is 24.7 Å². The Labute approximate surface area is 154 Å². The third-order valence-corrected chi connectivity index (χ3v) is 6.20. The van der Waals surface area contributed by atoms with Crippen LogP contribution in [0, 0.1) is 12.8 Å². The summed E-state index contributed by atoms with van der Waals surface area (Å²) >= 11 is 0. The molecule has 0 radical (unpaired) electrons. The van der Waals surface area contributed by atoms with Crippen molar-refractivity contribution in [1.82, 2.24) is 14.9 Å². The van der Waals surface area contributed by atoms with Gasteiger partial charge in [0.2, 0.25) is 21.8 Å². The molecule has 1 aromatic carbocycles. The van der Waals surface area contributed by atoms with Crippen LogP contribution >= 0.6 is 0 Å². The van der Waals surface area contributed by atoms with Crippen LogP contribution in [0.25, 0.3) is 0 Å². The molecule has 142 valence electrons. The zero-order valence-corrected chi connectivity index (χ0v) is 15.9. The van der Waals surface area contributed by atoms with Gasteiger partial charge < -0.3 is 10.6 Å². The normalized spacial score (nSPS) is 18.6. The van der Waals surface area contributed by atoms with Crippen LogP contribution in [-0.4, -0.2) is 51.2 Å². The number of piperidine rings is 1. The molecule has 26 heavy (non-hydrogen) atoms. The highest BCUT2D eigenvalue weighted by molar-refractivity contribution is 7.89. The first-order valence-corrected chi connectivity index (χ1v) is 10.0. The highest BCUT2D eigenvalue weighted by Gasteiger charge is 2.33. The fourth-order valence-corrected chi connectivity index (χ4v) is 4.31. The van der Waals surface area contributed by atoms with Gasteiger partial charge >= 0.3 is 0 Å². The minimum Gasteiger partial charge on any atom is -0.356 e. The van der Waals surface area contributed by atoms with E-state index in [4.69, 9.17) is 0 Å². The van der Waals surface area contributed by atoms with Gasteiger partial charge in [0.05, 0.1) is 10.8 Å². The second-order valence-electron chi connectivity index (χ2n) is 6.28. The molecule has 1 atom stereocenters. The van der Waals surface area contributed by atoms with Gasteiger partial charge in [0.15, 0.2) is 0 Å². The zero-order valence-electron chi connectivity index (χ0n) is 15.1. The Bertz CT molecular complexity index is 772. The topological polar surface area (TPSA) is 95.6 Å². The summed E-state index contributed by atoms with van der Waals surface area (Å²) in [5.74, 6) is -0.833. The Morgan fingerprint density at radius 2 is 1.96 bits per heavy atom. The SMILES string of the molecule is CNC(=O)/C=C/CNC(=O)C1CCCN(S(=O)(=O)c2ccc(C)cc2)C1. The molecule has 0 aliphatic carbocycles. The van der Waals surface area contributed by atoms with Crippen molar-refractivity contribution < 1.29 is 18.0 Å². The highest BCUT2D eigenvalue weighted by atomic mass is 32.2. The maximum atomic E-state index is 12.8. The van der Waals surface area contributed by atoms with Crippen LogP contribution < -0.4 is 10.6 Å². The second kappa shape index (κ2) is 8.95. The molecule has 1 heterocycles. The number of nitrogens with zero attached hydrogens (tertiary/aromatic N) is 1. The van der Waals surface area contributed by atoms with E-state index in [1.54, 1.807) is 30.3 Å². The number of carbonyl (C=O) groups is 2. The number of hydrogen-bond donors (Lipinski definition) is 2. The number of sulfonamides is 1. The average molecular weight is 379 g/mol. The summed E-state index contributed by atoms with van der Waals surface area (Å²) in [5, 5.41) is 5.17. The van der Waals surface area contributed by atoms with Crippen LogP contribution in [0.5, 0.6) is 0 Å². The van der Waals surface area contributed by atoms with Crippen LogP contribution in [0.2, 0.25) is 0 Å². The third-order valence-electron chi connectivity index (χ3n) is 4.32. The van der Waals surface area contributed by atoms with E-state index in [2.05, 4.69) is 10.6 Å². The molecule has 7 nitrogen and oxygen atoms in total. The summed E-state index contributed by atoms with van der Waals surface area (Å²) in [6.07, 6.45) is 4.18. The zero-order chi connectivity index (χ0) is 19.2. The number of aryl methyl sites for hydroxylation is 1. The van der Waals surface area contributed by atoms with E-state index in [0.717, 1.165) is 5.56 Å². The summed E-state index contributed by atoms with van der Waals surface area (Å²) < 4.78 is 26.9. The first-order chi connectivity index (χ1) is 12.3. The highest BCUT2D eigenvalue weighted by Crippen LogP contribution is 2.24. The molecule has 1 unspecified atom stereocenters. The Kier molecular flexibility index (Phi) is 6.93. The molecule has 1 aliphatic rings. The number of likely N-dealkylation sites (N-methyl/N-ethyl adjacent to an activating group) is 1. The maximum Gasteiger partial charge on any atom is 0.243 e. The summed E-state index contributed by atoms with van der Waals surface area (Å²) in [5.41, 5.74) is 0.990. The van der Waals surface area contributed by atoms with E-state index in [1.807, 2.05) is 6.92 Å². The first-order valence-electron chi connectivity index (χ1n) is 8.57. The van der Waals surface area contributed by atoms with Gasteiger partial charge in [-0.2, -0.15) is 4.31 Å². The quantitative estimate of drug-likeness (QED) is 0.715. The van der Waals surface area contributed by atoms with Gasteiger partial charge in [0.1, 0.15) is 0 Å². The molecule has 1 aromatic rings. The predicted molar refractivity (Wildman–Crippen MR) is 98.9 cm³/mol. The second-order valence-corrected chi connectivity index (χ2v) is 8.21. The van der Waals surface area contributed by atoms with Gasteiger partial charge in [0.25, 0.3) is 0 Å². The molecule has 0 bridgehead atoms. The van der Waals surface area contributed by atoms with Crippen LogP contribution in [0.3, 0.4) is 0 Å². The number of rotatable bonds is 6. The van der Waals surface area contributed by atoms with E-state index >= 15 is 0 Å². The smallest absolute Gasteiger partial charge is 0.243 e. The standard InChI is InChI=1S/C18H25N3O4S/c1-14-7-9-16(10-8-14)26(24,25)21-12-4-5-15(13-21)18(23)20-11-3-6-17(22)19-2/h3,6-10,15H,4-5,11-13H2,1-2H3,(H,19,22)(H,20,23)/b6-3+. The Balaban J connectivity index is 1.97. The predicted octanol–water partition coefficient (Wildman–Crippen LogP) is 0.814. The molecule has 0 saturated carbocycles. The summed E-state index contributed by atoms with van der Waals surface area (Å²) in [4.78, 5) is 23.6. The lowest BCUT2D eigenvalue weighted by atomic mass is 9.99. The Morgan fingerprint density at radius 3 is 2.62 bits per heavy atom. The summed E-state index contributed by atoms with van der Waals surface area (Å²) in [6, 6.07) is 6.72. The van der Waals surface area contributed by atoms with E-state index in [9.17, 15) is 18.0 Å². The van der Waals surface area contributed by atoms with Crippen LogP contribution in [-0.2, 0) is 19.6 Å². The number of amides is 2. The number of hydrogen-bond acceptors (Lipinski definition) is 4. The molecule has 2 rings (SSSR count). The van der Waals surface area contributed by atoms with Gasteiger partial charge in [0, 0.05) is 32.8 Å². The minimum absolute atomic E-state index is 0.168. The van der Waals surface area contributed by atoms with Crippen molar-refractivity contribution in [1.29, 1.82) is 0 Å². The lowest BCUT2D eigenvalue weighted by Crippen LogP contribution is -2.45. The number of carbonyl (C=O) groups excluding carboxylic acids is 2. The molecular formula is C18H25N3O4S. The summed E-state index contributed by atoms with van der Waals surface area (Å²) in [7, 11) is -2.07. The maximum absolute atomic E-state index is 12.8. The molecule has 0 spiro atoms. The lowest BCUT2D eigenvalue weighted by molar-refractivity contribution is -0.125. The van der Waals surface area contributed by atoms with Crippen molar-refractivity contribution in [3.8, 4) is 0 Å². The Morgan fingerprint density at radius 1 is 1.27 bits per heavy atom. The van der Waals surface area contributed by atoms with E-state index < -0.39 is 15.9 Å². The Hall–Kier alpha value is -2.19.